The van der Waals surface area contributed by atoms with Crippen molar-refractivity contribution in [3.8, 4) is 11.4 Å². The van der Waals surface area contributed by atoms with Gasteiger partial charge in [0.05, 0.1) is 17.8 Å². The van der Waals surface area contributed by atoms with Gasteiger partial charge in [-0.15, -0.1) is 0 Å². The minimum absolute atomic E-state index is 0.311. The number of methoxy groups -OCH3 is 1. The van der Waals surface area contributed by atoms with E-state index in [1.54, 1.807) is 19.2 Å². The molecule has 0 unspecified atom stereocenters. The third-order valence-electron chi connectivity index (χ3n) is 2.77. The lowest BCUT2D eigenvalue weighted by atomic mass is 10.2. The summed E-state index contributed by atoms with van der Waals surface area (Å²) in [7, 11) is 1.57. The van der Waals surface area contributed by atoms with Crippen molar-refractivity contribution < 1.29 is 4.74 Å². The standard InChI is InChI=1S/C12H15ClN4O2/c1-4-5-16-12(18)17(15-14-16)10-7-11(19-3)8(2)6-9(10)13/h6-7H,4-5H2,1-3H3. The zero-order valence-electron chi connectivity index (χ0n) is 11.1. The molecule has 0 aliphatic heterocycles. The van der Waals surface area contributed by atoms with Crippen LogP contribution in [0.5, 0.6) is 5.75 Å². The van der Waals surface area contributed by atoms with Gasteiger partial charge < -0.3 is 4.74 Å². The first-order valence-corrected chi connectivity index (χ1v) is 6.33. The highest BCUT2D eigenvalue weighted by atomic mass is 35.5. The third-order valence-corrected chi connectivity index (χ3v) is 3.07. The normalized spacial score (nSPS) is 10.7. The van der Waals surface area contributed by atoms with Crippen LogP contribution in [0.4, 0.5) is 0 Å². The number of tetrazole rings is 1. The number of rotatable bonds is 4. The number of halogens is 1. The third kappa shape index (κ3) is 2.49. The van der Waals surface area contributed by atoms with Crippen LogP contribution >= 0.6 is 11.6 Å². The Labute approximate surface area is 115 Å². The first-order chi connectivity index (χ1) is 9.08. The number of nitrogens with zero attached hydrogens (tertiary/aromatic N) is 4. The highest BCUT2D eigenvalue weighted by Crippen LogP contribution is 2.27. The molecular weight excluding hydrogens is 268 g/mol. The van der Waals surface area contributed by atoms with Gasteiger partial charge in [0.25, 0.3) is 0 Å². The van der Waals surface area contributed by atoms with E-state index in [0.717, 1.165) is 12.0 Å². The van der Waals surface area contributed by atoms with Gasteiger partial charge in [0.1, 0.15) is 5.75 Å². The van der Waals surface area contributed by atoms with Crippen LogP contribution in [0.3, 0.4) is 0 Å². The summed E-state index contributed by atoms with van der Waals surface area (Å²) >= 11 is 6.16. The molecule has 0 radical (unpaired) electrons. The quantitative estimate of drug-likeness (QED) is 0.858. The molecule has 0 atom stereocenters. The Bertz CT molecular complexity index is 648. The molecule has 0 saturated carbocycles. The van der Waals surface area contributed by atoms with E-state index in [9.17, 15) is 4.79 Å². The van der Waals surface area contributed by atoms with Crippen molar-refractivity contribution in [1.82, 2.24) is 19.8 Å². The molecule has 102 valence electrons. The monoisotopic (exact) mass is 282 g/mol. The molecule has 0 spiro atoms. The van der Waals surface area contributed by atoms with E-state index in [-0.39, 0.29) is 5.69 Å². The molecule has 1 aromatic heterocycles. The number of benzene rings is 1. The predicted molar refractivity (Wildman–Crippen MR) is 72.2 cm³/mol. The number of hydrogen-bond acceptors (Lipinski definition) is 4. The molecule has 0 aliphatic carbocycles. The average Bonchev–Trinajstić information content (AvgIpc) is 2.72. The highest BCUT2D eigenvalue weighted by Gasteiger charge is 2.14. The van der Waals surface area contributed by atoms with Crippen LogP contribution in [-0.2, 0) is 6.54 Å². The Morgan fingerprint density at radius 3 is 2.74 bits per heavy atom. The molecule has 19 heavy (non-hydrogen) atoms. The molecule has 7 heteroatoms. The Hall–Kier alpha value is -1.82. The summed E-state index contributed by atoms with van der Waals surface area (Å²) in [4.78, 5) is 12.1. The van der Waals surface area contributed by atoms with Gasteiger partial charge in [-0.1, -0.05) is 18.5 Å². The van der Waals surface area contributed by atoms with Crippen molar-refractivity contribution in [2.75, 3.05) is 7.11 Å². The van der Waals surface area contributed by atoms with Gasteiger partial charge in [-0.25, -0.2) is 4.79 Å². The summed E-state index contributed by atoms with van der Waals surface area (Å²) in [5.74, 6) is 0.649. The molecule has 0 fully saturated rings. The molecule has 6 nitrogen and oxygen atoms in total. The van der Waals surface area contributed by atoms with Crippen LogP contribution in [0, 0.1) is 6.92 Å². The zero-order valence-corrected chi connectivity index (χ0v) is 11.8. The van der Waals surface area contributed by atoms with Crippen LogP contribution in [-0.4, -0.2) is 26.9 Å². The summed E-state index contributed by atoms with van der Waals surface area (Å²) in [6, 6.07) is 3.42. The zero-order chi connectivity index (χ0) is 14.0. The second-order valence-electron chi connectivity index (χ2n) is 4.17. The molecule has 1 heterocycles. The number of hydrogen-bond donors (Lipinski definition) is 0. The lowest BCUT2D eigenvalue weighted by Gasteiger charge is -2.08. The predicted octanol–water partition coefficient (Wildman–Crippen LogP) is 1.81. The van der Waals surface area contributed by atoms with Gasteiger partial charge >= 0.3 is 5.69 Å². The molecular formula is C12H15ClN4O2. The SMILES string of the molecule is CCCn1nnn(-c2cc(OC)c(C)cc2Cl)c1=O. The van der Waals surface area contributed by atoms with Crippen molar-refractivity contribution in [3.05, 3.63) is 33.2 Å². The second kappa shape index (κ2) is 5.44. The van der Waals surface area contributed by atoms with E-state index in [1.165, 1.54) is 9.36 Å². The van der Waals surface area contributed by atoms with E-state index in [4.69, 9.17) is 16.3 Å². The largest absolute Gasteiger partial charge is 0.496 e. The number of aryl methyl sites for hydroxylation is 2. The second-order valence-corrected chi connectivity index (χ2v) is 4.58. The first kappa shape index (κ1) is 13.6. The maximum Gasteiger partial charge on any atom is 0.368 e. The minimum Gasteiger partial charge on any atom is -0.496 e. The summed E-state index contributed by atoms with van der Waals surface area (Å²) in [5, 5.41) is 8.10. The van der Waals surface area contributed by atoms with Crippen LogP contribution in [0.2, 0.25) is 5.02 Å². The molecule has 0 amide bonds. The molecule has 0 N–H and O–H groups in total. The molecule has 2 aromatic rings. The van der Waals surface area contributed by atoms with E-state index >= 15 is 0 Å². The summed E-state index contributed by atoms with van der Waals surface area (Å²) in [6.07, 6.45) is 0.809. The fraction of sp³-hybridized carbons (Fsp3) is 0.417. The van der Waals surface area contributed by atoms with Crippen molar-refractivity contribution in [1.29, 1.82) is 0 Å². The van der Waals surface area contributed by atoms with E-state index in [1.807, 2.05) is 13.8 Å². The fourth-order valence-corrected chi connectivity index (χ4v) is 2.10. The van der Waals surface area contributed by atoms with Crippen LogP contribution in [0.15, 0.2) is 16.9 Å². The fourth-order valence-electron chi connectivity index (χ4n) is 1.80. The Kier molecular flexibility index (Phi) is 3.90. The molecule has 0 aliphatic rings. The number of aromatic nitrogens is 4. The van der Waals surface area contributed by atoms with Gasteiger partial charge in [0.2, 0.25) is 0 Å². The maximum atomic E-state index is 12.1. The molecule has 2 rings (SSSR count). The van der Waals surface area contributed by atoms with Crippen LogP contribution in [0.25, 0.3) is 5.69 Å². The van der Waals surface area contributed by atoms with Gasteiger partial charge in [-0.2, -0.15) is 9.36 Å². The lowest BCUT2D eigenvalue weighted by Crippen LogP contribution is -2.24. The molecule has 0 saturated heterocycles. The van der Waals surface area contributed by atoms with Crippen molar-refractivity contribution in [2.45, 2.75) is 26.8 Å². The smallest absolute Gasteiger partial charge is 0.368 e. The maximum absolute atomic E-state index is 12.1. The van der Waals surface area contributed by atoms with Crippen LogP contribution < -0.4 is 10.4 Å². The molecule has 0 bridgehead atoms. The average molecular weight is 283 g/mol. The van der Waals surface area contributed by atoms with Gasteiger partial charge in [0.15, 0.2) is 0 Å². The van der Waals surface area contributed by atoms with Gasteiger partial charge in [-0.3, -0.25) is 0 Å². The van der Waals surface area contributed by atoms with Gasteiger partial charge in [0, 0.05) is 12.6 Å². The first-order valence-electron chi connectivity index (χ1n) is 5.95. The topological polar surface area (TPSA) is 61.9 Å². The minimum atomic E-state index is -0.311. The van der Waals surface area contributed by atoms with E-state index < -0.39 is 0 Å². The Morgan fingerprint density at radius 2 is 2.11 bits per heavy atom. The highest BCUT2D eigenvalue weighted by molar-refractivity contribution is 6.32. The summed E-state index contributed by atoms with van der Waals surface area (Å²) in [5.41, 5.74) is 1.05. The van der Waals surface area contributed by atoms with E-state index in [2.05, 4.69) is 10.4 Å². The van der Waals surface area contributed by atoms with Gasteiger partial charge in [-0.05, 0) is 35.4 Å². The Morgan fingerprint density at radius 1 is 1.37 bits per heavy atom. The Balaban J connectivity index is 2.56. The van der Waals surface area contributed by atoms with Crippen molar-refractivity contribution in [2.24, 2.45) is 0 Å². The molecule has 1 aromatic carbocycles. The summed E-state index contributed by atoms with van der Waals surface area (Å²) < 4.78 is 7.72. The lowest BCUT2D eigenvalue weighted by molar-refractivity contribution is 0.411. The van der Waals surface area contributed by atoms with Crippen molar-refractivity contribution >= 4 is 11.6 Å². The summed E-state index contributed by atoms with van der Waals surface area (Å²) in [6.45, 7) is 4.37. The van der Waals surface area contributed by atoms with Crippen molar-refractivity contribution in [3.63, 3.8) is 0 Å². The number of ether oxygens (including phenoxy) is 1. The van der Waals surface area contributed by atoms with E-state index in [0.29, 0.717) is 23.0 Å². The van der Waals surface area contributed by atoms with Crippen LogP contribution in [0.1, 0.15) is 18.9 Å².